The Kier molecular flexibility index (Phi) is 4.01. The van der Waals surface area contributed by atoms with Crippen molar-refractivity contribution in [2.24, 2.45) is 11.7 Å². The van der Waals surface area contributed by atoms with E-state index in [1.807, 2.05) is 27.7 Å². The average molecular weight is 241 g/mol. The Morgan fingerprint density at radius 2 is 2.12 bits per heavy atom. The van der Waals surface area contributed by atoms with Gasteiger partial charge >= 0.3 is 6.09 Å². The van der Waals surface area contributed by atoms with Crippen LogP contribution in [0, 0.1) is 11.3 Å². The summed E-state index contributed by atoms with van der Waals surface area (Å²) >= 11 is 0. The molecule has 0 saturated carbocycles. The van der Waals surface area contributed by atoms with E-state index in [0.29, 0.717) is 13.0 Å². The highest BCUT2D eigenvalue weighted by Gasteiger charge is 2.35. The van der Waals surface area contributed by atoms with Crippen molar-refractivity contribution in [3.63, 3.8) is 0 Å². The molecule has 1 heterocycles. The number of carbonyl (C=O) groups is 1. The molecule has 2 atom stereocenters. The lowest BCUT2D eigenvalue weighted by atomic mass is 10.0. The molecule has 0 aromatic rings. The van der Waals surface area contributed by atoms with E-state index in [9.17, 15) is 4.79 Å². The Morgan fingerprint density at radius 1 is 1.53 bits per heavy atom. The van der Waals surface area contributed by atoms with Gasteiger partial charge in [-0.25, -0.2) is 4.79 Å². The number of ether oxygens (including phenoxy) is 1. The van der Waals surface area contributed by atoms with Gasteiger partial charge in [0.05, 0.1) is 5.84 Å². The first-order chi connectivity index (χ1) is 7.69. The third kappa shape index (κ3) is 4.24. The van der Waals surface area contributed by atoms with Crippen LogP contribution < -0.4 is 5.73 Å². The van der Waals surface area contributed by atoms with Gasteiger partial charge in [0.25, 0.3) is 0 Å². The molecule has 1 saturated heterocycles. The molecule has 0 bridgehead atoms. The van der Waals surface area contributed by atoms with Crippen LogP contribution in [0.5, 0.6) is 0 Å². The summed E-state index contributed by atoms with van der Waals surface area (Å²) in [5.74, 6) is 0.475. The van der Waals surface area contributed by atoms with Crippen LogP contribution in [0.2, 0.25) is 0 Å². The van der Waals surface area contributed by atoms with Crippen LogP contribution in [-0.4, -0.2) is 35.0 Å². The zero-order valence-electron chi connectivity index (χ0n) is 11.1. The summed E-state index contributed by atoms with van der Waals surface area (Å²) in [5.41, 5.74) is 4.93. The van der Waals surface area contributed by atoms with E-state index in [0.717, 1.165) is 6.42 Å². The van der Waals surface area contributed by atoms with Gasteiger partial charge in [-0.15, -0.1) is 0 Å². The van der Waals surface area contributed by atoms with Crippen LogP contribution in [0.25, 0.3) is 0 Å². The summed E-state index contributed by atoms with van der Waals surface area (Å²) in [7, 11) is 0. The fraction of sp³-hybridized carbons (Fsp3) is 0.833. The molecule has 98 valence electrons. The minimum absolute atomic E-state index is 0.161. The maximum atomic E-state index is 11.9. The number of hydrogen-bond donors (Lipinski definition) is 2. The third-order valence-corrected chi connectivity index (χ3v) is 2.80. The molecule has 1 fully saturated rings. The van der Waals surface area contributed by atoms with Crippen molar-refractivity contribution in [2.75, 3.05) is 6.54 Å². The van der Waals surface area contributed by atoms with E-state index >= 15 is 0 Å². The minimum Gasteiger partial charge on any atom is -0.444 e. The SMILES string of the molecule is C[C@@H]1CC(CC(=N)N)CN1C(=O)OC(C)(C)C. The molecule has 0 radical (unpaired) electrons. The highest BCUT2D eigenvalue weighted by atomic mass is 16.6. The average Bonchev–Trinajstić information content (AvgIpc) is 2.42. The summed E-state index contributed by atoms with van der Waals surface area (Å²) in [5, 5.41) is 7.29. The van der Waals surface area contributed by atoms with Crippen LogP contribution in [0.3, 0.4) is 0 Å². The van der Waals surface area contributed by atoms with Gasteiger partial charge in [0.1, 0.15) is 5.60 Å². The lowest BCUT2D eigenvalue weighted by molar-refractivity contribution is 0.0234. The number of likely N-dealkylation sites (tertiary alicyclic amines) is 1. The third-order valence-electron chi connectivity index (χ3n) is 2.80. The second-order valence-corrected chi connectivity index (χ2v) is 5.81. The van der Waals surface area contributed by atoms with Gasteiger partial charge in [0, 0.05) is 19.0 Å². The maximum absolute atomic E-state index is 11.9. The molecular weight excluding hydrogens is 218 g/mol. The fourth-order valence-corrected chi connectivity index (χ4v) is 2.18. The first-order valence-corrected chi connectivity index (χ1v) is 6.01. The quantitative estimate of drug-likeness (QED) is 0.573. The molecule has 1 aliphatic heterocycles. The molecule has 0 spiro atoms. The monoisotopic (exact) mass is 241 g/mol. The smallest absolute Gasteiger partial charge is 0.410 e. The Bertz CT molecular complexity index is 309. The Hall–Kier alpha value is -1.26. The van der Waals surface area contributed by atoms with Crippen LogP contribution >= 0.6 is 0 Å². The number of amides is 1. The van der Waals surface area contributed by atoms with Crippen molar-refractivity contribution in [1.82, 2.24) is 4.90 Å². The first-order valence-electron chi connectivity index (χ1n) is 6.01. The molecule has 0 aromatic heterocycles. The second kappa shape index (κ2) is 4.94. The molecule has 5 heteroatoms. The molecule has 3 N–H and O–H groups in total. The zero-order valence-corrected chi connectivity index (χ0v) is 11.1. The number of rotatable bonds is 2. The number of hydrogen-bond acceptors (Lipinski definition) is 3. The summed E-state index contributed by atoms with van der Waals surface area (Å²) in [4.78, 5) is 13.7. The molecule has 5 nitrogen and oxygen atoms in total. The summed E-state index contributed by atoms with van der Waals surface area (Å²) < 4.78 is 5.35. The zero-order chi connectivity index (χ0) is 13.2. The van der Waals surface area contributed by atoms with Gasteiger partial charge in [-0.2, -0.15) is 0 Å². The highest BCUT2D eigenvalue weighted by molar-refractivity contribution is 5.77. The van der Waals surface area contributed by atoms with Crippen LogP contribution in [0.4, 0.5) is 4.79 Å². The van der Waals surface area contributed by atoms with Crippen molar-refractivity contribution in [3.05, 3.63) is 0 Å². The molecule has 1 rings (SSSR count). The number of nitrogens with two attached hydrogens (primary N) is 1. The van der Waals surface area contributed by atoms with Crippen molar-refractivity contribution in [3.8, 4) is 0 Å². The Balaban J connectivity index is 2.55. The molecule has 1 amide bonds. The van der Waals surface area contributed by atoms with E-state index < -0.39 is 5.60 Å². The number of nitrogens with zero attached hydrogens (tertiary/aromatic N) is 1. The predicted molar refractivity (Wildman–Crippen MR) is 67.0 cm³/mol. The fourth-order valence-electron chi connectivity index (χ4n) is 2.18. The van der Waals surface area contributed by atoms with Crippen molar-refractivity contribution in [2.45, 2.75) is 52.2 Å². The van der Waals surface area contributed by atoms with Gasteiger partial charge < -0.3 is 15.4 Å². The molecule has 17 heavy (non-hydrogen) atoms. The van der Waals surface area contributed by atoms with E-state index in [-0.39, 0.29) is 23.9 Å². The summed E-state index contributed by atoms with van der Waals surface area (Å²) in [6.07, 6.45) is 1.18. The van der Waals surface area contributed by atoms with Gasteiger partial charge in [-0.3, -0.25) is 5.41 Å². The number of amidine groups is 1. The van der Waals surface area contributed by atoms with Gasteiger partial charge in [-0.05, 0) is 40.0 Å². The largest absolute Gasteiger partial charge is 0.444 e. The van der Waals surface area contributed by atoms with E-state index in [1.165, 1.54) is 0 Å². The lowest BCUT2D eigenvalue weighted by Gasteiger charge is -2.27. The number of nitrogens with one attached hydrogen (secondary N) is 1. The summed E-state index contributed by atoms with van der Waals surface area (Å²) in [6, 6.07) is 0.161. The Labute approximate surface area is 103 Å². The first kappa shape index (κ1) is 13.8. The molecule has 1 unspecified atom stereocenters. The number of carbonyl (C=O) groups excluding carboxylic acids is 1. The van der Waals surface area contributed by atoms with E-state index in [4.69, 9.17) is 15.9 Å². The van der Waals surface area contributed by atoms with Gasteiger partial charge in [-0.1, -0.05) is 0 Å². The normalized spacial score (nSPS) is 24.8. The van der Waals surface area contributed by atoms with Crippen LogP contribution in [-0.2, 0) is 4.74 Å². The highest BCUT2D eigenvalue weighted by Crippen LogP contribution is 2.27. The van der Waals surface area contributed by atoms with E-state index in [2.05, 4.69) is 0 Å². The molecule has 1 aliphatic rings. The van der Waals surface area contributed by atoms with Crippen molar-refractivity contribution < 1.29 is 9.53 Å². The second-order valence-electron chi connectivity index (χ2n) is 5.81. The predicted octanol–water partition coefficient (Wildman–Crippen LogP) is 1.96. The van der Waals surface area contributed by atoms with Gasteiger partial charge in [0.2, 0.25) is 0 Å². The maximum Gasteiger partial charge on any atom is 0.410 e. The lowest BCUT2D eigenvalue weighted by Crippen LogP contribution is -2.38. The van der Waals surface area contributed by atoms with Crippen LogP contribution in [0.1, 0.15) is 40.5 Å². The standard InChI is InChI=1S/C12H23N3O2/c1-8-5-9(6-10(13)14)7-15(8)11(16)17-12(2,3)4/h8-9H,5-7H2,1-4H3,(H3,13,14)/t8-,9?/m1/s1. The van der Waals surface area contributed by atoms with Crippen molar-refractivity contribution in [1.29, 1.82) is 5.41 Å². The molecule has 0 aromatic carbocycles. The molecular formula is C12H23N3O2. The van der Waals surface area contributed by atoms with Crippen molar-refractivity contribution >= 4 is 11.9 Å². The van der Waals surface area contributed by atoms with Crippen LogP contribution in [0.15, 0.2) is 0 Å². The topological polar surface area (TPSA) is 79.4 Å². The van der Waals surface area contributed by atoms with E-state index in [1.54, 1.807) is 4.90 Å². The minimum atomic E-state index is -0.463. The van der Waals surface area contributed by atoms with Gasteiger partial charge in [0.15, 0.2) is 0 Å². The molecule has 0 aliphatic carbocycles. The summed E-state index contributed by atoms with van der Waals surface area (Å²) in [6.45, 7) is 8.22. The Morgan fingerprint density at radius 3 is 2.59 bits per heavy atom.